The number of amides is 2. The lowest BCUT2D eigenvalue weighted by Gasteiger charge is -2.11. The molecule has 1 unspecified atom stereocenters. The Balaban J connectivity index is 1.53. The Morgan fingerprint density at radius 1 is 1.11 bits per heavy atom. The molecule has 27 heavy (non-hydrogen) atoms. The third-order valence-electron chi connectivity index (χ3n) is 4.47. The number of anilines is 1. The Labute approximate surface area is 159 Å². The molecule has 2 aromatic carbocycles. The summed E-state index contributed by atoms with van der Waals surface area (Å²) in [6.45, 7) is 3.05. The van der Waals surface area contributed by atoms with Gasteiger partial charge in [-0.05, 0) is 49.6 Å². The molecule has 2 amide bonds. The van der Waals surface area contributed by atoms with E-state index in [1.54, 1.807) is 12.1 Å². The smallest absolute Gasteiger partial charge is 0.319 e. The summed E-state index contributed by atoms with van der Waals surface area (Å²) in [7, 11) is -3.39. The second-order valence-corrected chi connectivity index (χ2v) is 8.77. The molecule has 1 aliphatic rings. The minimum atomic E-state index is -3.39. The van der Waals surface area contributed by atoms with Gasteiger partial charge in [-0.2, -0.15) is 0 Å². The van der Waals surface area contributed by atoms with E-state index in [0.29, 0.717) is 18.8 Å². The van der Waals surface area contributed by atoms with Gasteiger partial charge in [0.1, 0.15) is 0 Å². The van der Waals surface area contributed by atoms with Crippen LogP contribution in [-0.2, 0) is 21.1 Å². The van der Waals surface area contributed by atoms with E-state index in [2.05, 4.69) is 10.6 Å². The molecular weight excluding hydrogens is 364 g/mol. The predicted octanol–water partition coefficient (Wildman–Crippen LogP) is 3.27. The molecule has 0 aliphatic carbocycles. The van der Waals surface area contributed by atoms with Crippen molar-refractivity contribution in [2.75, 3.05) is 17.7 Å². The molecular formula is C20H24N2O4S. The van der Waals surface area contributed by atoms with Gasteiger partial charge in [0, 0.05) is 18.8 Å². The Bertz CT molecular complexity index is 871. The van der Waals surface area contributed by atoms with E-state index >= 15 is 0 Å². The van der Waals surface area contributed by atoms with E-state index in [4.69, 9.17) is 4.74 Å². The highest BCUT2D eigenvalue weighted by molar-refractivity contribution is 7.91. The van der Waals surface area contributed by atoms with Gasteiger partial charge in [-0.25, -0.2) is 13.2 Å². The Morgan fingerprint density at radius 2 is 1.81 bits per heavy atom. The molecule has 144 valence electrons. The van der Waals surface area contributed by atoms with Crippen LogP contribution in [0, 0.1) is 6.92 Å². The summed E-state index contributed by atoms with van der Waals surface area (Å²) in [5, 5.41) is 5.48. The number of ether oxygens (including phenoxy) is 1. The monoisotopic (exact) mass is 388 g/mol. The van der Waals surface area contributed by atoms with E-state index in [1.165, 1.54) is 12.1 Å². The van der Waals surface area contributed by atoms with Gasteiger partial charge in [0.25, 0.3) is 0 Å². The van der Waals surface area contributed by atoms with Crippen LogP contribution in [0.2, 0.25) is 0 Å². The van der Waals surface area contributed by atoms with Gasteiger partial charge in [0.2, 0.25) is 0 Å². The summed E-state index contributed by atoms with van der Waals surface area (Å²) in [4.78, 5) is 12.2. The molecule has 0 bridgehead atoms. The lowest BCUT2D eigenvalue weighted by atomic mass is 10.1. The number of nitrogens with one attached hydrogen (secondary N) is 2. The van der Waals surface area contributed by atoms with Crippen molar-refractivity contribution in [3.8, 4) is 0 Å². The summed E-state index contributed by atoms with van der Waals surface area (Å²) >= 11 is 0. The van der Waals surface area contributed by atoms with Crippen molar-refractivity contribution in [3.63, 3.8) is 0 Å². The topological polar surface area (TPSA) is 84.5 Å². The number of carbonyl (C=O) groups excluding carboxylic acids is 1. The van der Waals surface area contributed by atoms with Gasteiger partial charge in [-0.15, -0.1) is 0 Å². The highest BCUT2D eigenvalue weighted by atomic mass is 32.2. The summed E-state index contributed by atoms with van der Waals surface area (Å²) in [6, 6.07) is 13.8. The fourth-order valence-electron chi connectivity index (χ4n) is 2.93. The number of hydrogen-bond donors (Lipinski definition) is 2. The normalized spacial score (nSPS) is 16.9. The molecule has 1 saturated heterocycles. The molecule has 1 aliphatic heterocycles. The highest BCUT2D eigenvalue weighted by Crippen LogP contribution is 2.20. The molecule has 2 aromatic rings. The van der Waals surface area contributed by atoms with Crippen LogP contribution in [0.15, 0.2) is 53.4 Å². The van der Waals surface area contributed by atoms with Crippen molar-refractivity contribution < 1.29 is 17.9 Å². The van der Waals surface area contributed by atoms with Crippen LogP contribution in [0.4, 0.5) is 10.5 Å². The summed E-state index contributed by atoms with van der Waals surface area (Å²) in [6.07, 6.45) is 1.46. The SMILES string of the molecule is Cc1ccc(CNC(=O)Nc2ccc(S(=O)(=O)CC3CCCO3)cc2)cc1. The van der Waals surface area contributed by atoms with E-state index in [-0.39, 0.29) is 22.8 Å². The summed E-state index contributed by atoms with van der Waals surface area (Å²) in [5.74, 6) is -0.00316. The van der Waals surface area contributed by atoms with Crippen molar-refractivity contribution in [1.29, 1.82) is 0 Å². The number of hydrogen-bond acceptors (Lipinski definition) is 4. The predicted molar refractivity (Wildman–Crippen MR) is 105 cm³/mol. The average molecular weight is 388 g/mol. The van der Waals surface area contributed by atoms with Crippen LogP contribution in [-0.4, -0.2) is 32.9 Å². The van der Waals surface area contributed by atoms with Crippen molar-refractivity contribution in [3.05, 3.63) is 59.7 Å². The lowest BCUT2D eigenvalue weighted by molar-refractivity contribution is 0.127. The largest absolute Gasteiger partial charge is 0.377 e. The fourth-order valence-corrected chi connectivity index (χ4v) is 4.42. The van der Waals surface area contributed by atoms with Crippen LogP contribution in [0.5, 0.6) is 0 Å². The van der Waals surface area contributed by atoms with E-state index < -0.39 is 9.84 Å². The van der Waals surface area contributed by atoms with Crippen LogP contribution < -0.4 is 10.6 Å². The standard InChI is InChI=1S/C20H24N2O4S/c1-15-4-6-16(7-5-15)13-21-20(23)22-17-8-10-19(11-9-17)27(24,25)14-18-3-2-12-26-18/h4-11,18H,2-3,12-14H2,1H3,(H2,21,22,23). The van der Waals surface area contributed by atoms with Crippen molar-refractivity contribution in [2.24, 2.45) is 0 Å². The summed E-state index contributed by atoms with van der Waals surface area (Å²) in [5.41, 5.74) is 2.71. The molecule has 0 saturated carbocycles. The number of carbonyl (C=O) groups is 1. The van der Waals surface area contributed by atoms with Gasteiger partial charge in [-0.1, -0.05) is 29.8 Å². The molecule has 3 rings (SSSR count). The van der Waals surface area contributed by atoms with Crippen molar-refractivity contribution >= 4 is 21.6 Å². The highest BCUT2D eigenvalue weighted by Gasteiger charge is 2.24. The van der Waals surface area contributed by atoms with Crippen LogP contribution in [0.3, 0.4) is 0 Å². The first-order chi connectivity index (χ1) is 12.9. The molecule has 0 aromatic heterocycles. The van der Waals surface area contributed by atoms with E-state index in [1.807, 2.05) is 31.2 Å². The molecule has 7 heteroatoms. The maximum absolute atomic E-state index is 12.4. The zero-order valence-electron chi connectivity index (χ0n) is 15.3. The molecule has 0 spiro atoms. The van der Waals surface area contributed by atoms with Crippen LogP contribution in [0.1, 0.15) is 24.0 Å². The number of urea groups is 1. The Hall–Kier alpha value is -2.38. The maximum Gasteiger partial charge on any atom is 0.319 e. The molecule has 2 N–H and O–H groups in total. The zero-order chi connectivity index (χ0) is 19.3. The van der Waals surface area contributed by atoms with E-state index in [0.717, 1.165) is 24.0 Å². The van der Waals surface area contributed by atoms with Crippen molar-refractivity contribution in [1.82, 2.24) is 5.32 Å². The minimum absolute atomic E-state index is 0.00316. The lowest BCUT2D eigenvalue weighted by Crippen LogP contribution is -2.28. The Morgan fingerprint density at radius 3 is 2.44 bits per heavy atom. The molecule has 0 radical (unpaired) electrons. The minimum Gasteiger partial charge on any atom is -0.377 e. The maximum atomic E-state index is 12.4. The van der Waals surface area contributed by atoms with Gasteiger partial charge < -0.3 is 15.4 Å². The van der Waals surface area contributed by atoms with Crippen molar-refractivity contribution in [2.45, 2.75) is 37.3 Å². The zero-order valence-corrected chi connectivity index (χ0v) is 16.1. The number of benzene rings is 2. The van der Waals surface area contributed by atoms with Gasteiger partial charge in [0.05, 0.1) is 16.8 Å². The Kier molecular flexibility index (Phi) is 6.13. The first-order valence-corrected chi connectivity index (χ1v) is 10.6. The molecule has 1 atom stereocenters. The van der Waals surface area contributed by atoms with Crippen LogP contribution in [0.25, 0.3) is 0 Å². The summed E-state index contributed by atoms with van der Waals surface area (Å²) < 4.78 is 30.3. The number of rotatable bonds is 6. The second kappa shape index (κ2) is 8.54. The number of sulfone groups is 1. The second-order valence-electron chi connectivity index (χ2n) is 6.73. The number of aryl methyl sites for hydroxylation is 1. The van der Waals surface area contributed by atoms with Gasteiger partial charge >= 0.3 is 6.03 Å². The van der Waals surface area contributed by atoms with Gasteiger partial charge in [0.15, 0.2) is 9.84 Å². The van der Waals surface area contributed by atoms with Gasteiger partial charge in [-0.3, -0.25) is 0 Å². The quantitative estimate of drug-likeness (QED) is 0.795. The first-order valence-electron chi connectivity index (χ1n) is 8.97. The fraction of sp³-hybridized carbons (Fsp3) is 0.350. The van der Waals surface area contributed by atoms with E-state index in [9.17, 15) is 13.2 Å². The third kappa shape index (κ3) is 5.55. The third-order valence-corrected chi connectivity index (χ3v) is 6.28. The average Bonchev–Trinajstić information content (AvgIpc) is 3.14. The molecule has 1 heterocycles. The first kappa shape index (κ1) is 19.4. The van der Waals surface area contributed by atoms with Crippen LogP contribution >= 0.6 is 0 Å². The molecule has 1 fully saturated rings. The molecule has 6 nitrogen and oxygen atoms in total.